The summed E-state index contributed by atoms with van der Waals surface area (Å²) < 4.78 is 26.6. The molecule has 0 aliphatic carbocycles. The Balaban J connectivity index is 1.79. The molecule has 0 unspecified atom stereocenters. The van der Waals surface area contributed by atoms with E-state index in [1.165, 1.54) is 26.2 Å². The maximum atomic E-state index is 12.9. The first-order valence-corrected chi connectivity index (χ1v) is 11.0. The van der Waals surface area contributed by atoms with Crippen molar-refractivity contribution in [2.45, 2.75) is 4.90 Å². The molecule has 0 aliphatic heterocycles. The van der Waals surface area contributed by atoms with Crippen LogP contribution in [0, 0.1) is 10.1 Å². The molecule has 3 aromatic carbocycles. The minimum Gasteiger partial charge on any atom is -0.383 e. The zero-order valence-electron chi connectivity index (χ0n) is 17.5. The van der Waals surface area contributed by atoms with E-state index in [0.717, 1.165) is 21.5 Å². The van der Waals surface area contributed by atoms with Crippen LogP contribution in [0.25, 0.3) is 11.1 Å². The first kappa shape index (κ1) is 22.9. The Morgan fingerprint density at radius 1 is 1.00 bits per heavy atom. The molecule has 0 atom stereocenters. The monoisotopic (exact) mass is 454 g/mol. The highest BCUT2D eigenvalue weighted by molar-refractivity contribution is 7.89. The maximum Gasteiger partial charge on any atom is 0.293 e. The molecule has 9 nitrogen and oxygen atoms in total. The number of carbonyl (C=O) groups excluding carboxylic acids is 1. The van der Waals surface area contributed by atoms with E-state index < -0.39 is 27.4 Å². The van der Waals surface area contributed by atoms with Gasteiger partial charge in [0.15, 0.2) is 0 Å². The van der Waals surface area contributed by atoms with Gasteiger partial charge in [-0.2, -0.15) is 4.31 Å². The normalized spacial score (nSPS) is 11.2. The number of hydrogen-bond donors (Lipinski definition) is 2. The maximum absolute atomic E-state index is 12.9. The fourth-order valence-electron chi connectivity index (χ4n) is 3.15. The molecule has 0 radical (unpaired) electrons. The molecule has 10 heteroatoms. The van der Waals surface area contributed by atoms with Crippen molar-refractivity contribution in [2.75, 3.05) is 31.3 Å². The second kappa shape index (κ2) is 9.58. The summed E-state index contributed by atoms with van der Waals surface area (Å²) in [6, 6.07) is 20.2. The van der Waals surface area contributed by atoms with Crippen LogP contribution in [0.3, 0.4) is 0 Å². The van der Waals surface area contributed by atoms with E-state index in [-0.39, 0.29) is 16.3 Å². The van der Waals surface area contributed by atoms with Crippen LogP contribution in [0.2, 0.25) is 0 Å². The number of hydrogen-bond acceptors (Lipinski definition) is 6. The predicted molar refractivity (Wildman–Crippen MR) is 123 cm³/mol. The standard InChI is InChI=1S/C22H22N4O5S/c1-23-20-13-12-17(14-21(20)26(28)29)32(30,31)25(2)15-22(27)24-19-11-7-6-10-18(19)16-8-4-3-5-9-16/h3-14,23H,15H2,1-2H3,(H,24,27). The third-order valence-electron chi connectivity index (χ3n) is 4.80. The van der Waals surface area contributed by atoms with E-state index in [2.05, 4.69) is 10.6 Å². The molecule has 0 bridgehead atoms. The number of carbonyl (C=O) groups is 1. The van der Waals surface area contributed by atoms with E-state index >= 15 is 0 Å². The van der Waals surface area contributed by atoms with E-state index in [0.29, 0.717) is 5.69 Å². The van der Waals surface area contributed by atoms with Crippen LogP contribution >= 0.6 is 0 Å². The summed E-state index contributed by atoms with van der Waals surface area (Å²) in [5.74, 6) is -0.541. The second-order valence-corrected chi connectivity index (χ2v) is 8.95. The lowest BCUT2D eigenvalue weighted by molar-refractivity contribution is -0.384. The molecule has 0 heterocycles. The Bertz CT molecular complexity index is 1250. The molecule has 3 rings (SSSR count). The summed E-state index contributed by atoms with van der Waals surface area (Å²) in [5, 5.41) is 16.6. The molecule has 0 aliphatic rings. The van der Waals surface area contributed by atoms with Gasteiger partial charge in [0, 0.05) is 31.4 Å². The van der Waals surface area contributed by atoms with Gasteiger partial charge in [0.05, 0.1) is 16.4 Å². The van der Waals surface area contributed by atoms with Gasteiger partial charge in [0.1, 0.15) is 5.69 Å². The third-order valence-corrected chi connectivity index (χ3v) is 6.60. The van der Waals surface area contributed by atoms with E-state index in [4.69, 9.17) is 0 Å². The first-order chi connectivity index (χ1) is 15.2. The van der Waals surface area contributed by atoms with Crippen LogP contribution in [0.5, 0.6) is 0 Å². The van der Waals surface area contributed by atoms with Gasteiger partial charge in [-0.25, -0.2) is 8.42 Å². The highest BCUT2D eigenvalue weighted by Crippen LogP contribution is 2.29. The number of nitro benzene ring substituents is 1. The Labute approximate surface area is 185 Å². The summed E-state index contributed by atoms with van der Waals surface area (Å²) in [6.07, 6.45) is 0. The zero-order chi connectivity index (χ0) is 23.3. The van der Waals surface area contributed by atoms with Crippen molar-refractivity contribution in [1.82, 2.24) is 4.31 Å². The van der Waals surface area contributed by atoms with Crippen LogP contribution in [0.15, 0.2) is 77.7 Å². The average Bonchev–Trinajstić information content (AvgIpc) is 2.79. The number of benzene rings is 3. The van der Waals surface area contributed by atoms with Crippen molar-refractivity contribution >= 4 is 33.0 Å². The van der Waals surface area contributed by atoms with Gasteiger partial charge in [-0.1, -0.05) is 48.5 Å². The number of nitro groups is 1. The summed E-state index contributed by atoms with van der Waals surface area (Å²) in [5.41, 5.74) is 2.06. The van der Waals surface area contributed by atoms with Gasteiger partial charge >= 0.3 is 0 Å². The molecule has 0 aromatic heterocycles. The number of likely N-dealkylation sites (N-methyl/N-ethyl adjacent to an activating group) is 1. The van der Waals surface area contributed by atoms with Crippen molar-refractivity contribution in [2.24, 2.45) is 0 Å². The number of amides is 1. The second-order valence-electron chi connectivity index (χ2n) is 6.91. The highest BCUT2D eigenvalue weighted by Gasteiger charge is 2.26. The molecule has 0 saturated heterocycles. The molecular weight excluding hydrogens is 432 g/mol. The van der Waals surface area contributed by atoms with Crippen molar-refractivity contribution < 1.29 is 18.1 Å². The molecule has 0 fully saturated rings. The fourth-order valence-corrected chi connectivity index (χ4v) is 4.30. The van der Waals surface area contributed by atoms with Gasteiger partial charge in [-0.05, 0) is 23.8 Å². The van der Waals surface area contributed by atoms with E-state index in [1.54, 1.807) is 12.1 Å². The lowest BCUT2D eigenvalue weighted by Crippen LogP contribution is -2.35. The van der Waals surface area contributed by atoms with Gasteiger partial charge in [0.25, 0.3) is 5.69 Å². The molecule has 0 saturated carbocycles. The van der Waals surface area contributed by atoms with Crippen LogP contribution in [-0.2, 0) is 14.8 Å². The number of nitrogens with one attached hydrogen (secondary N) is 2. The third kappa shape index (κ3) is 4.93. The van der Waals surface area contributed by atoms with Gasteiger partial charge in [0.2, 0.25) is 15.9 Å². The predicted octanol–water partition coefficient (Wildman–Crippen LogP) is 3.56. The summed E-state index contributed by atoms with van der Waals surface area (Å²) in [4.78, 5) is 22.9. The van der Waals surface area contributed by atoms with Crippen LogP contribution in [0.4, 0.5) is 17.1 Å². The highest BCUT2D eigenvalue weighted by atomic mass is 32.2. The Hall–Kier alpha value is -3.76. The van der Waals surface area contributed by atoms with Gasteiger partial charge in [-0.3, -0.25) is 14.9 Å². The van der Waals surface area contributed by atoms with Crippen LogP contribution < -0.4 is 10.6 Å². The topological polar surface area (TPSA) is 122 Å². The van der Waals surface area contributed by atoms with Crippen molar-refractivity contribution in [1.29, 1.82) is 0 Å². The van der Waals surface area contributed by atoms with Gasteiger partial charge in [-0.15, -0.1) is 0 Å². The van der Waals surface area contributed by atoms with Crippen molar-refractivity contribution in [3.63, 3.8) is 0 Å². The zero-order valence-corrected chi connectivity index (χ0v) is 18.3. The number of nitrogens with zero attached hydrogens (tertiary/aromatic N) is 2. The molecule has 0 spiro atoms. The number of sulfonamides is 1. The van der Waals surface area contributed by atoms with Crippen molar-refractivity contribution in [3.8, 4) is 11.1 Å². The summed E-state index contributed by atoms with van der Waals surface area (Å²) >= 11 is 0. The quantitative estimate of drug-likeness (QED) is 0.396. The van der Waals surface area contributed by atoms with E-state index in [9.17, 15) is 23.3 Å². The molecule has 3 aromatic rings. The Kier molecular flexibility index (Phi) is 6.86. The molecule has 1 amide bonds. The van der Waals surface area contributed by atoms with Crippen molar-refractivity contribution in [3.05, 3.63) is 82.9 Å². The Morgan fingerprint density at radius 2 is 1.66 bits per heavy atom. The van der Waals surface area contributed by atoms with E-state index in [1.807, 2.05) is 42.5 Å². The minimum atomic E-state index is -4.13. The largest absolute Gasteiger partial charge is 0.383 e. The lowest BCUT2D eigenvalue weighted by atomic mass is 10.0. The van der Waals surface area contributed by atoms with Gasteiger partial charge < -0.3 is 10.6 Å². The number of rotatable bonds is 8. The first-order valence-electron chi connectivity index (χ1n) is 9.61. The Morgan fingerprint density at radius 3 is 2.31 bits per heavy atom. The lowest BCUT2D eigenvalue weighted by Gasteiger charge is -2.18. The average molecular weight is 455 g/mol. The van der Waals surface area contributed by atoms with Crippen LogP contribution in [-0.4, -0.2) is 44.2 Å². The fraction of sp³-hybridized carbons (Fsp3) is 0.136. The summed E-state index contributed by atoms with van der Waals surface area (Å²) in [6.45, 7) is -0.465. The number of anilines is 2. The molecule has 166 valence electrons. The summed E-state index contributed by atoms with van der Waals surface area (Å²) in [7, 11) is -1.38. The molecule has 2 N–H and O–H groups in total. The minimum absolute atomic E-state index is 0.187. The molecular formula is C22H22N4O5S. The number of para-hydroxylation sites is 1. The molecule has 32 heavy (non-hydrogen) atoms. The smallest absolute Gasteiger partial charge is 0.293 e. The van der Waals surface area contributed by atoms with Crippen LogP contribution in [0.1, 0.15) is 0 Å². The SMILES string of the molecule is CNc1ccc(S(=O)(=O)N(C)CC(=O)Nc2ccccc2-c2ccccc2)cc1[N+](=O)[O-].